The van der Waals surface area contributed by atoms with Crippen LogP contribution >= 0.6 is 11.6 Å². The van der Waals surface area contributed by atoms with Crippen molar-refractivity contribution in [2.24, 2.45) is 0 Å². The predicted octanol–water partition coefficient (Wildman–Crippen LogP) is 10.4. The second-order valence-corrected chi connectivity index (χ2v) is 12.1. The molecule has 5 nitrogen and oxygen atoms in total. The lowest BCUT2D eigenvalue weighted by molar-refractivity contribution is -0.144. The number of allylic oxidation sites excluding steroid dienone is 2. The van der Waals surface area contributed by atoms with Gasteiger partial charge in [-0.25, -0.2) is 0 Å². The van der Waals surface area contributed by atoms with E-state index in [9.17, 15) is 4.79 Å². The van der Waals surface area contributed by atoms with Crippen LogP contribution in [0, 0.1) is 0 Å². The Hall–Kier alpha value is -2.11. The summed E-state index contributed by atoms with van der Waals surface area (Å²) in [5, 5.41) is 5.43. The number of ether oxygens (including phenoxy) is 1. The number of unbranched alkanes of at least 4 members (excludes halogenated alkanes) is 11. The zero-order chi connectivity index (χ0) is 30.3. The maximum atomic E-state index is 12.2. The Morgan fingerprint density at radius 1 is 0.929 bits per heavy atom. The Balaban J connectivity index is 1.45. The number of pyridine rings is 1. The van der Waals surface area contributed by atoms with E-state index in [-0.39, 0.29) is 5.97 Å². The molecule has 1 unspecified atom stereocenters. The summed E-state index contributed by atoms with van der Waals surface area (Å²) >= 11 is 6.12. The van der Waals surface area contributed by atoms with Crippen LogP contribution in [0.15, 0.2) is 42.6 Å². The number of rotatable bonds is 25. The summed E-state index contributed by atoms with van der Waals surface area (Å²) in [5.41, 5.74) is 2.00. The van der Waals surface area contributed by atoms with Crippen LogP contribution in [0.3, 0.4) is 0 Å². The highest BCUT2D eigenvalue weighted by Crippen LogP contribution is 2.25. The van der Waals surface area contributed by atoms with Gasteiger partial charge in [0.15, 0.2) is 0 Å². The highest BCUT2D eigenvalue weighted by molar-refractivity contribution is 6.31. The Morgan fingerprint density at radius 3 is 2.33 bits per heavy atom. The summed E-state index contributed by atoms with van der Waals surface area (Å²) < 4.78 is 5.53. The smallest absolute Gasteiger partial charge is 0.305 e. The molecule has 0 bridgehead atoms. The molecule has 0 amide bonds. The molecule has 0 fully saturated rings. The molecule has 0 aliphatic rings. The van der Waals surface area contributed by atoms with Gasteiger partial charge in [-0.15, -0.1) is 0 Å². The molecule has 236 valence electrons. The van der Waals surface area contributed by atoms with E-state index in [1.807, 2.05) is 30.5 Å². The van der Waals surface area contributed by atoms with Gasteiger partial charge in [0.2, 0.25) is 0 Å². The number of carbonyl (C=O) groups excluding carboxylic acids is 1. The summed E-state index contributed by atoms with van der Waals surface area (Å²) in [4.78, 5) is 19.0. The number of likely N-dealkylation sites (N-methyl/N-ethyl adjacent to an activating group) is 1. The minimum absolute atomic E-state index is 0.0487. The van der Waals surface area contributed by atoms with E-state index in [1.165, 1.54) is 70.6 Å². The fraction of sp³-hybridized carbons (Fsp3) is 0.667. The number of anilines is 1. The molecule has 2 aromatic rings. The minimum atomic E-state index is -0.0487. The molecule has 0 saturated heterocycles. The average Bonchev–Trinajstić information content (AvgIpc) is 2.98. The number of nitrogens with one attached hydrogen (secondary N) is 1. The number of benzene rings is 1. The maximum absolute atomic E-state index is 12.2. The number of esters is 1. The second kappa shape index (κ2) is 23.4. The summed E-state index contributed by atoms with van der Waals surface area (Å²) in [6, 6.07) is 8.20. The van der Waals surface area contributed by atoms with Gasteiger partial charge in [0, 0.05) is 41.3 Å². The lowest BCUT2D eigenvalue weighted by Crippen LogP contribution is -2.30. The third-order valence-electron chi connectivity index (χ3n) is 7.98. The molecule has 1 N–H and O–H groups in total. The molecule has 0 radical (unpaired) electrons. The van der Waals surface area contributed by atoms with E-state index < -0.39 is 0 Å². The van der Waals surface area contributed by atoms with E-state index in [2.05, 4.69) is 48.1 Å². The first-order valence-electron chi connectivity index (χ1n) is 16.9. The number of carbonyl (C=O) groups is 1. The zero-order valence-corrected chi connectivity index (χ0v) is 27.6. The van der Waals surface area contributed by atoms with Gasteiger partial charge in [-0.05, 0) is 89.2 Å². The van der Waals surface area contributed by atoms with E-state index in [4.69, 9.17) is 16.3 Å². The lowest BCUT2D eigenvalue weighted by Gasteiger charge is -2.22. The quantitative estimate of drug-likeness (QED) is 0.0698. The number of halogens is 1. The van der Waals surface area contributed by atoms with Gasteiger partial charge in [0.1, 0.15) is 6.61 Å². The minimum Gasteiger partial charge on any atom is -0.464 e. The van der Waals surface area contributed by atoms with Crippen molar-refractivity contribution in [3.05, 3.63) is 47.6 Å². The molecular formula is C36H58ClN3O2. The van der Waals surface area contributed by atoms with E-state index in [1.54, 1.807) is 0 Å². The Morgan fingerprint density at radius 2 is 1.62 bits per heavy atom. The molecule has 1 heterocycles. The van der Waals surface area contributed by atoms with Crippen molar-refractivity contribution in [1.82, 2.24) is 9.88 Å². The molecule has 42 heavy (non-hydrogen) atoms. The van der Waals surface area contributed by atoms with Crippen LogP contribution in [-0.4, -0.2) is 48.1 Å². The van der Waals surface area contributed by atoms with Gasteiger partial charge in [0.05, 0.1) is 5.52 Å². The van der Waals surface area contributed by atoms with Gasteiger partial charge < -0.3 is 15.0 Å². The van der Waals surface area contributed by atoms with Gasteiger partial charge in [-0.3, -0.25) is 9.78 Å². The number of fused-ring (bicyclic) bond motifs is 1. The molecule has 1 aromatic heterocycles. The van der Waals surface area contributed by atoms with Crippen LogP contribution in [0.4, 0.5) is 5.69 Å². The Labute approximate surface area is 261 Å². The lowest BCUT2D eigenvalue weighted by atomic mass is 10.1. The molecular weight excluding hydrogens is 542 g/mol. The second-order valence-electron chi connectivity index (χ2n) is 11.7. The molecule has 0 saturated carbocycles. The molecule has 0 spiro atoms. The topological polar surface area (TPSA) is 54.5 Å². The van der Waals surface area contributed by atoms with Crippen LogP contribution < -0.4 is 5.32 Å². The first kappa shape index (κ1) is 36.1. The van der Waals surface area contributed by atoms with Crippen LogP contribution in [0.25, 0.3) is 10.9 Å². The number of hydrogen-bond acceptors (Lipinski definition) is 5. The Kier molecular flexibility index (Phi) is 20.1. The molecule has 0 aliphatic carbocycles. The fourth-order valence-corrected chi connectivity index (χ4v) is 5.50. The predicted molar refractivity (Wildman–Crippen MR) is 182 cm³/mol. The molecule has 2 rings (SSSR count). The van der Waals surface area contributed by atoms with Gasteiger partial charge in [-0.2, -0.15) is 0 Å². The van der Waals surface area contributed by atoms with Crippen molar-refractivity contribution >= 4 is 34.2 Å². The Bertz CT molecular complexity index is 1010. The number of nitrogens with zero attached hydrogens (tertiary/aromatic N) is 2. The van der Waals surface area contributed by atoms with Crippen LogP contribution in [0.5, 0.6) is 0 Å². The van der Waals surface area contributed by atoms with Crippen molar-refractivity contribution < 1.29 is 9.53 Å². The number of hydrogen-bond donors (Lipinski definition) is 1. The molecule has 6 heteroatoms. The third-order valence-corrected chi connectivity index (χ3v) is 8.21. The first-order valence-corrected chi connectivity index (χ1v) is 17.2. The van der Waals surface area contributed by atoms with Crippen molar-refractivity contribution in [2.45, 2.75) is 130 Å². The third kappa shape index (κ3) is 16.5. The monoisotopic (exact) mass is 599 g/mol. The highest BCUT2D eigenvalue weighted by atomic mass is 35.5. The van der Waals surface area contributed by atoms with Crippen molar-refractivity contribution in [2.75, 3.05) is 31.6 Å². The standard InChI is InChI=1S/C36H58ClN3O2/c1-4-6-7-8-9-10-11-12-13-14-15-16-17-18-19-22-36(41)42-29-28-40(5-2)27-20-21-31(3)39-34-25-26-38-35-30-32(37)23-24-33(34)35/h12-13,23-26,30-31H,4-11,14-22,27-29H2,1-3H3,(H,38,39)/b13-12+. The van der Waals surface area contributed by atoms with E-state index >= 15 is 0 Å². The van der Waals surface area contributed by atoms with Crippen molar-refractivity contribution in [3.63, 3.8) is 0 Å². The molecule has 1 atom stereocenters. The van der Waals surface area contributed by atoms with Crippen molar-refractivity contribution in [1.29, 1.82) is 0 Å². The van der Waals surface area contributed by atoms with Gasteiger partial charge in [-0.1, -0.05) is 89.0 Å². The normalized spacial score (nSPS) is 12.4. The van der Waals surface area contributed by atoms with Crippen LogP contribution in [0.2, 0.25) is 5.02 Å². The average molecular weight is 600 g/mol. The highest BCUT2D eigenvalue weighted by Gasteiger charge is 2.10. The fourth-order valence-electron chi connectivity index (χ4n) is 5.33. The summed E-state index contributed by atoms with van der Waals surface area (Å²) in [5.74, 6) is -0.0487. The SMILES string of the molecule is CCCCCCCC/C=C/CCCCCCCC(=O)OCCN(CC)CCCC(C)Nc1ccnc2cc(Cl)ccc12. The summed E-state index contributed by atoms with van der Waals surface area (Å²) in [7, 11) is 0. The van der Waals surface area contributed by atoms with Crippen LogP contribution in [-0.2, 0) is 9.53 Å². The molecule has 1 aromatic carbocycles. The van der Waals surface area contributed by atoms with Crippen LogP contribution in [0.1, 0.15) is 124 Å². The number of aromatic nitrogens is 1. The van der Waals surface area contributed by atoms with Gasteiger partial charge >= 0.3 is 5.97 Å². The van der Waals surface area contributed by atoms with Crippen molar-refractivity contribution in [3.8, 4) is 0 Å². The first-order chi connectivity index (χ1) is 20.5. The van der Waals surface area contributed by atoms with E-state index in [0.717, 1.165) is 61.9 Å². The summed E-state index contributed by atoms with van der Waals surface area (Å²) in [6.07, 6.45) is 25.7. The van der Waals surface area contributed by atoms with E-state index in [0.29, 0.717) is 24.1 Å². The molecule has 0 aliphatic heterocycles. The zero-order valence-electron chi connectivity index (χ0n) is 26.8. The summed E-state index contributed by atoms with van der Waals surface area (Å²) in [6.45, 7) is 9.90. The van der Waals surface area contributed by atoms with Gasteiger partial charge in [0.25, 0.3) is 0 Å². The largest absolute Gasteiger partial charge is 0.464 e. The maximum Gasteiger partial charge on any atom is 0.305 e.